The number of hydrogen-bond acceptors (Lipinski definition) is 3. The molecule has 1 saturated carbocycles. The lowest BCUT2D eigenvalue weighted by Crippen LogP contribution is -2.44. The summed E-state index contributed by atoms with van der Waals surface area (Å²) in [5.41, 5.74) is 2.63. The van der Waals surface area contributed by atoms with Crippen LogP contribution < -0.4 is 5.32 Å². The van der Waals surface area contributed by atoms with Crippen LogP contribution in [-0.4, -0.2) is 41.5 Å². The first-order valence-electron chi connectivity index (χ1n) is 7.72. The van der Waals surface area contributed by atoms with Crippen LogP contribution in [0.1, 0.15) is 61.3 Å². The van der Waals surface area contributed by atoms with E-state index in [9.17, 15) is 0 Å². The van der Waals surface area contributed by atoms with Gasteiger partial charge in [0.05, 0.1) is 11.7 Å². The standard InChI is InChI=1S/C15H26N4/c1-11-14(12-6-4-3-5-7-12)18-15(17-11)13-10-19(2)9-8-16-13/h12-13,16H,3-10H2,1-2H3,(H,17,18). The zero-order valence-electron chi connectivity index (χ0n) is 12.2. The van der Waals surface area contributed by atoms with Crippen molar-refractivity contribution < 1.29 is 0 Å². The molecule has 2 N–H and O–H groups in total. The van der Waals surface area contributed by atoms with E-state index in [1.165, 1.54) is 43.5 Å². The minimum absolute atomic E-state index is 0.370. The van der Waals surface area contributed by atoms with Gasteiger partial charge in [-0.3, -0.25) is 0 Å². The predicted molar refractivity (Wildman–Crippen MR) is 77.4 cm³/mol. The third-order valence-corrected chi connectivity index (χ3v) is 4.64. The summed E-state index contributed by atoms with van der Waals surface area (Å²) >= 11 is 0. The van der Waals surface area contributed by atoms with Crippen molar-refractivity contribution in [2.24, 2.45) is 0 Å². The van der Waals surface area contributed by atoms with Crippen molar-refractivity contribution in [3.8, 4) is 0 Å². The highest BCUT2D eigenvalue weighted by molar-refractivity contribution is 5.20. The third-order valence-electron chi connectivity index (χ3n) is 4.64. The van der Waals surface area contributed by atoms with E-state index in [0.29, 0.717) is 12.0 Å². The van der Waals surface area contributed by atoms with Crippen LogP contribution in [0.2, 0.25) is 0 Å². The lowest BCUT2D eigenvalue weighted by Gasteiger charge is -2.29. The Morgan fingerprint density at radius 2 is 2.00 bits per heavy atom. The van der Waals surface area contributed by atoms with Gasteiger partial charge >= 0.3 is 0 Å². The zero-order valence-corrected chi connectivity index (χ0v) is 12.2. The van der Waals surface area contributed by atoms with Crippen molar-refractivity contribution in [3.05, 3.63) is 17.2 Å². The Hall–Kier alpha value is -0.870. The van der Waals surface area contributed by atoms with Crippen LogP contribution in [0.25, 0.3) is 0 Å². The molecule has 1 saturated heterocycles. The van der Waals surface area contributed by atoms with Gasteiger partial charge in [-0.25, -0.2) is 4.98 Å². The van der Waals surface area contributed by atoms with Gasteiger partial charge in [0.25, 0.3) is 0 Å². The van der Waals surface area contributed by atoms with Crippen LogP contribution in [0, 0.1) is 6.92 Å². The second-order valence-electron chi connectivity index (χ2n) is 6.24. The fraction of sp³-hybridized carbons (Fsp3) is 0.800. The number of likely N-dealkylation sites (N-methyl/N-ethyl adjacent to an activating group) is 1. The fourth-order valence-electron chi connectivity index (χ4n) is 3.52. The summed E-state index contributed by atoms with van der Waals surface area (Å²) in [7, 11) is 2.19. The van der Waals surface area contributed by atoms with Crippen LogP contribution in [0.15, 0.2) is 0 Å². The van der Waals surface area contributed by atoms with E-state index < -0.39 is 0 Å². The minimum atomic E-state index is 0.370. The second-order valence-corrected chi connectivity index (χ2v) is 6.24. The summed E-state index contributed by atoms with van der Waals surface area (Å²) < 4.78 is 0. The van der Waals surface area contributed by atoms with Crippen LogP contribution in [0.5, 0.6) is 0 Å². The van der Waals surface area contributed by atoms with Gasteiger partial charge in [-0.15, -0.1) is 0 Å². The number of aromatic nitrogens is 2. The fourth-order valence-corrected chi connectivity index (χ4v) is 3.52. The van der Waals surface area contributed by atoms with E-state index in [1.54, 1.807) is 0 Å². The van der Waals surface area contributed by atoms with Crippen LogP contribution in [-0.2, 0) is 0 Å². The van der Waals surface area contributed by atoms with Gasteiger partial charge < -0.3 is 15.2 Å². The number of H-pyrrole nitrogens is 1. The molecule has 19 heavy (non-hydrogen) atoms. The van der Waals surface area contributed by atoms with Gasteiger partial charge in [0.1, 0.15) is 5.82 Å². The Kier molecular flexibility index (Phi) is 3.89. The first-order chi connectivity index (χ1) is 9.24. The maximum atomic E-state index is 4.95. The van der Waals surface area contributed by atoms with E-state index >= 15 is 0 Å². The maximum Gasteiger partial charge on any atom is 0.125 e. The minimum Gasteiger partial charge on any atom is -0.344 e. The van der Waals surface area contributed by atoms with E-state index in [4.69, 9.17) is 4.98 Å². The molecule has 0 radical (unpaired) electrons. The average molecular weight is 262 g/mol. The molecule has 106 valence electrons. The monoisotopic (exact) mass is 262 g/mol. The number of rotatable bonds is 2. The molecule has 4 heteroatoms. The molecule has 0 bridgehead atoms. The number of nitrogens with zero attached hydrogens (tertiary/aromatic N) is 2. The van der Waals surface area contributed by atoms with Crippen LogP contribution in [0.4, 0.5) is 0 Å². The highest BCUT2D eigenvalue weighted by atomic mass is 15.2. The molecule has 2 aliphatic rings. The van der Waals surface area contributed by atoms with Crippen molar-refractivity contribution in [2.75, 3.05) is 26.7 Å². The summed E-state index contributed by atoms with van der Waals surface area (Å²) in [6.07, 6.45) is 6.79. The molecular formula is C15H26N4. The largest absolute Gasteiger partial charge is 0.344 e. The predicted octanol–water partition coefficient (Wildman–Crippen LogP) is 2.34. The van der Waals surface area contributed by atoms with Crippen LogP contribution >= 0.6 is 0 Å². The van der Waals surface area contributed by atoms with Gasteiger partial charge in [0, 0.05) is 31.2 Å². The lowest BCUT2D eigenvalue weighted by atomic mass is 9.86. The SMILES string of the molecule is Cc1[nH]c(C2CN(C)CCN2)nc1C1CCCCC1. The number of imidazole rings is 1. The molecule has 1 aliphatic carbocycles. The molecular weight excluding hydrogens is 236 g/mol. The van der Waals surface area contributed by atoms with Crippen molar-refractivity contribution in [2.45, 2.75) is 51.0 Å². The van der Waals surface area contributed by atoms with E-state index in [-0.39, 0.29) is 0 Å². The maximum absolute atomic E-state index is 4.95. The molecule has 3 rings (SSSR count). The topological polar surface area (TPSA) is 44.0 Å². The van der Waals surface area contributed by atoms with Crippen molar-refractivity contribution >= 4 is 0 Å². The molecule has 2 heterocycles. The first-order valence-corrected chi connectivity index (χ1v) is 7.72. The summed E-state index contributed by atoms with van der Waals surface area (Å²) in [4.78, 5) is 10.9. The summed E-state index contributed by atoms with van der Waals surface area (Å²) in [5.74, 6) is 1.84. The molecule has 1 unspecified atom stereocenters. The smallest absolute Gasteiger partial charge is 0.125 e. The Morgan fingerprint density at radius 1 is 1.21 bits per heavy atom. The molecule has 0 spiro atoms. The average Bonchev–Trinajstić information content (AvgIpc) is 2.82. The second kappa shape index (κ2) is 5.63. The molecule has 0 amide bonds. The molecule has 1 aliphatic heterocycles. The van der Waals surface area contributed by atoms with Gasteiger partial charge in [-0.1, -0.05) is 19.3 Å². The van der Waals surface area contributed by atoms with Crippen molar-refractivity contribution in [3.63, 3.8) is 0 Å². The van der Waals surface area contributed by atoms with E-state index in [0.717, 1.165) is 25.5 Å². The Balaban J connectivity index is 1.76. The van der Waals surface area contributed by atoms with E-state index in [1.807, 2.05) is 0 Å². The number of hydrogen-bond donors (Lipinski definition) is 2. The zero-order chi connectivity index (χ0) is 13.2. The van der Waals surface area contributed by atoms with Crippen molar-refractivity contribution in [1.29, 1.82) is 0 Å². The van der Waals surface area contributed by atoms with Gasteiger partial charge in [-0.2, -0.15) is 0 Å². The summed E-state index contributed by atoms with van der Waals surface area (Å²) in [5, 5.41) is 3.57. The van der Waals surface area contributed by atoms with Crippen LogP contribution in [0.3, 0.4) is 0 Å². The quantitative estimate of drug-likeness (QED) is 0.860. The lowest BCUT2D eigenvalue weighted by molar-refractivity contribution is 0.235. The molecule has 1 aromatic rings. The summed E-state index contributed by atoms with van der Waals surface area (Å²) in [6.45, 7) is 5.43. The molecule has 2 fully saturated rings. The normalized spacial score (nSPS) is 26.7. The first kappa shape index (κ1) is 13.1. The number of piperazine rings is 1. The Labute approximate surface area is 116 Å². The Bertz CT molecular complexity index is 420. The van der Waals surface area contributed by atoms with Gasteiger partial charge in [0.2, 0.25) is 0 Å². The highest BCUT2D eigenvalue weighted by Crippen LogP contribution is 2.33. The summed E-state index contributed by atoms with van der Waals surface area (Å²) in [6, 6.07) is 0.370. The molecule has 1 atom stereocenters. The van der Waals surface area contributed by atoms with Gasteiger partial charge in [-0.05, 0) is 26.8 Å². The third kappa shape index (κ3) is 2.84. The van der Waals surface area contributed by atoms with E-state index in [2.05, 4.69) is 29.2 Å². The number of aromatic amines is 1. The Morgan fingerprint density at radius 3 is 2.74 bits per heavy atom. The molecule has 0 aromatic carbocycles. The van der Waals surface area contributed by atoms with Crippen molar-refractivity contribution in [1.82, 2.24) is 20.2 Å². The van der Waals surface area contributed by atoms with Gasteiger partial charge in [0.15, 0.2) is 0 Å². The number of nitrogens with one attached hydrogen (secondary N) is 2. The highest BCUT2D eigenvalue weighted by Gasteiger charge is 2.25. The number of aryl methyl sites for hydroxylation is 1. The molecule has 1 aromatic heterocycles. The molecule has 4 nitrogen and oxygen atoms in total.